The monoisotopic (exact) mass is 397 g/mol. The molecule has 4 rings (SSSR count). The second kappa shape index (κ2) is 7.98. The van der Waals surface area contributed by atoms with Gasteiger partial charge in [0, 0.05) is 25.9 Å². The Morgan fingerprint density at radius 3 is 2.72 bits per heavy atom. The number of nitrogens with zero attached hydrogens (tertiary/aromatic N) is 2. The molecule has 0 atom stereocenters. The smallest absolute Gasteiger partial charge is 0.262 e. The highest BCUT2D eigenvalue weighted by molar-refractivity contribution is 6.06. The molecule has 0 aliphatic carbocycles. The van der Waals surface area contributed by atoms with E-state index in [-0.39, 0.29) is 34.2 Å². The summed E-state index contributed by atoms with van der Waals surface area (Å²) < 4.78 is 17.2. The molecular formula is C21H23N3O5. The molecule has 0 unspecified atom stereocenters. The first-order valence-electron chi connectivity index (χ1n) is 9.73. The van der Waals surface area contributed by atoms with E-state index in [9.17, 15) is 9.59 Å². The first kappa shape index (κ1) is 19.0. The predicted octanol–water partition coefficient (Wildman–Crippen LogP) is 2.91. The number of aryl methyl sites for hydroxylation is 1. The van der Waals surface area contributed by atoms with Gasteiger partial charge in [0.2, 0.25) is 5.71 Å². The van der Waals surface area contributed by atoms with Crippen molar-refractivity contribution in [3.05, 3.63) is 52.3 Å². The molecule has 1 N–H and O–H groups in total. The summed E-state index contributed by atoms with van der Waals surface area (Å²) in [5, 5.41) is 0.207. The normalized spacial score (nSPS) is 14.9. The molecule has 1 saturated heterocycles. The summed E-state index contributed by atoms with van der Waals surface area (Å²) in [5.41, 5.74) is 0.0942. The molecule has 152 valence electrons. The van der Waals surface area contributed by atoms with Crippen molar-refractivity contribution in [2.75, 3.05) is 19.7 Å². The molecule has 3 heterocycles. The van der Waals surface area contributed by atoms with Crippen LogP contribution in [0.1, 0.15) is 35.9 Å². The zero-order chi connectivity index (χ0) is 20.4. The molecular weight excluding hydrogens is 374 g/mol. The summed E-state index contributed by atoms with van der Waals surface area (Å²) in [6, 6.07) is 7.60. The van der Waals surface area contributed by atoms with Crippen LogP contribution in [0.3, 0.4) is 0 Å². The Labute approximate surface area is 167 Å². The minimum absolute atomic E-state index is 0.00656. The van der Waals surface area contributed by atoms with E-state index in [2.05, 4.69) is 9.97 Å². The van der Waals surface area contributed by atoms with Crippen LogP contribution in [0.5, 0.6) is 11.5 Å². The number of hydrogen-bond donors (Lipinski definition) is 1. The second-order valence-electron chi connectivity index (χ2n) is 6.93. The molecule has 1 amide bonds. The van der Waals surface area contributed by atoms with Gasteiger partial charge in [-0.15, -0.1) is 0 Å². The van der Waals surface area contributed by atoms with Crippen LogP contribution < -0.4 is 15.0 Å². The molecule has 1 fully saturated rings. The van der Waals surface area contributed by atoms with Gasteiger partial charge in [0.1, 0.15) is 17.3 Å². The lowest BCUT2D eigenvalue weighted by atomic mass is 10.1. The number of carbonyl (C=O) groups excluding carboxylic acids is 1. The van der Waals surface area contributed by atoms with Crippen LogP contribution >= 0.6 is 0 Å². The Kier molecular flexibility index (Phi) is 5.24. The van der Waals surface area contributed by atoms with Gasteiger partial charge in [-0.3, -0.25) is 9.59 Å². The third-order valence-electron chi connectivity index (χ3n) is 5.06. The van der Waals surface area contributed by atoms with Crippen molar-refractivity contribution in [1.82, 2.24) is 14.9 Å². The van der Waals surface area contributed by atoms with Gasteiger partial charge in [-0.2, -0.15) is 0 Å². The van der Waals surface area contributed by atoms with Crippen molar-refractivity contribution in [2.24, 2.45) is 0 Å². The van der Waals surface area contributed by atoms with Gasteiger partial charge in [0.05, 0.1) is 18.5 Å². The van der Waals surface area contributed by atoms with Crippen molar-refractivity contribution in [1.29, 1.82) is 0 Å². The number of rotatable bonds is 5. The fraction of sp³-hybridized carbons (Fsp3) is 0.381. The number of amides is 1. The topological polar surface area (TPSA) is 97.7 Å². The third-order valence-corrected chi connectivity index (χ3v) is 5.06. The maximum Gasteiger partial charge on any atom is 0.262 e. The number of benzene rings is 1. The summed E-state index contributed by atoms with van der Waals surface area (Å²) in [6.45, 7) is 5.24. The Morgan fingerprint density at radius 2 is 2.00 bits per heavy atom. The number of H-pyrrole nitrogens is 1. The fourth-order valence-corrected chi connectivity index (χ4v) is 3.65. The minimum Gasteiger partial charge on any atom is -0.490 e. The van der Waals surface area contributed by atoms with E-state index in [4.69, 9.17) is 13.9 Å². The van der Waals surface area contributed by atoms with Gasteiger partial charge in [0.25, 0.3) is 11.5 Å². The molecule has 0 spiro atoms. The van der Waals surface area contributed by atoms with Crippen LogP contribution in [0.2, 0.25) is 0 Å². The summed E-state index contributed by atoms with van der Waals surface area (Å²) in [6.07, 6.45) is 2.64. The molecule has 1 aliphatic heterocycles. The van der Waals surface area contributed by atoms with Crippen LogP contribution in [-0.4, -0.2) is 46.6 Å². The molecule has 1 aliphatic rings. The second-order valence-corrected chi connectivity index (χ2v) is 6.93. The third kappa shape index (κ3) is 3.70. The fourth-order valence-electron chi connectivity index (χ4n) is 3.65. The Hall–Kier alpha value is -3.29. The van der Waals surface area contributed by atoms with Crippen molar-refractivity contribution in [3.63, 3.8) is 0 Å². The van der Waals surface area contributed by atoms with E-state index in [1.165, 1.54) is 6.33 Å². The van der Waals surface area contributed by atoms with Gasteiger partial charge in [-0.05, 0) is 26.0 Å². The summed E-state index contributed by atoms with van der Waals surface area (Å²) in [4.78, 5) is 33.5. The lowest BCUT2D eigenvalue weighted by Crippen LogP contribution is -2.42. The average molecular weight is 397 g/mol. The number of nitrogens with one attached hydrogen (secondary N) is 1. The lowest BCUT2D eigenvalue weighted by Gasteiger charge is -2.32. The predicted molar refractivity (Wildman–Crippen MR) is 107 cm³/mol. The maximum absolute atomic E-state index is 13.1. The van der Waals surface area contributed by atoms with Crippen LogP contribution in [0.25, 0.3) is 11.1 Å². The quantitative estimate of drug-likeness (QED) is 0.711. The first-order chi connectivity index (χ1) is 14.1. The van der Waals surface area contributed by atoms with Gasteiger partial charge < -0.3 is 23.8 Å². The minimum atomic E-state index is -0.374. The Balaban J connectivity index is 1.46. The van der Waals surface area contributed by atoms with E-state index in [0.29, 0.717) is 44.0 Å². The largest absolute Gasteiger partial charge is 0.490 e. The Bertz CT molecular complexity index is 1080. The SMILES string of the molecule is CCOc1ccccc1OC1CCN(C(=O)c2c(C)oc3nc[nH]c(=O)c23)CC1. The zero-order valence-electron chi connectivity index (χ0n) is 16.4. The number of aromatic amines is 1. The summed E-state index contributed by atoms with van der Waals surface area (Å²) in [5.74, 6) is 1.63. The molecule has 0 saturated carbocycles. The van der Waals surface area contributed by atoms with Crippen LogP contribution in [0.15, 0.2) is 39.8 Å². The van der Waals surface area contributed by atoms with E-state index >= 15 is 0 Å². The number of fused-ring (bicyclic) bond motifs is 1. The number of para-hydroxylation sites is 2. The molecule has 0 radical (unpaired) electrons. The molecule has 1 aromatic carbocycles. The first-order valence-corrected chi connectivity index (χ1v) is 9.73. The van der Waals surface area contributed by atoms with Crippen LogP contribution in [0.4, 0.5) is 0 Å². The van der Waals surface area contributed by atoms with E-state index in [1.807, 2.05) is 31.2 Å². The number of piperidine rings is 1. The van der Waals surface area contributed by atoms with Crippen LogP contribution in [-0.2, 0) is 0 Å². The van der Waals surface area contributed by atoms with Crippen molar-refractivity contribution < 1.29 is 18.7 Å². The van der Waals surface area contributed by atoms with Crippen molar-refractivity contribution in [3.8, 4) is 11.5 Å². The van der Waals surface area contributed by atoms with Gasteiger partial charge in [-0.25, -0.2) is 4.98 Å². The Morgan fingerprint density at radius 1 is 1.28 bits per heavy atom. The average Bonchev–Trinajstić information content (AvgIpc) is 3.07. The number of ether oxygens (including phenoxy) is 2. The van der Waals surface area contributed by atoms with E-state index in [1.54, 1.807) is 11.8 Å². The molecule has 8 nitrogen and oxygen atoms in total. The van der Waals surface area contributed by atoms with Crippen molar-refractivity contribution >= 4 is 17.0 Å². The number of aromatic nitrogens is 2. The van der Waals surface area contributed by atoms with Crippen LogP contribution in [0, 0.1) is 6.92 Å². The highest BCUT2D eigenvalue weighted by atomic mass is 16.5. The van der Waals surface area contributed by atoms with Gasteiger partial charge in [0.15, 0.2) is 11.5 Å². The lowest BCUT2D eigenvalue weighted by molar-refractivity contribution is 0.0589. The summed E-state index contributed by atoms with van der Waals surface area (Å²) in [7, 11) is 0. The number of furan rings is 1. The molecule has 29 heavy (non-hydrogen) atoms. The molecule has 0 bridgehead atoms. The molecule has 2 aromatic heterocycles. The van der Waals surface area contributed by atoms with E-state index < -0.39 is 0 Å². The zero-order valence-corrected chi connectivity index (χ0v) is 16.4. The summed E-state index contributed by atoms with van der Waals surface area (Å²) >= 11 is 0. The standard InChI is InChI=1S/C21H23N3O5/c1-3-27-15-6-4-5-7-16(15)29-14-8-10-24(11-9-14)21(26)17-13(2)28-20-18(17)19(25)22-12-23-20/h4-7,12,14H,3,8-11H2,1-2H3,(H,22,23,25). The number of hydrogen-bond acceptors (Lipinski definition) is 6. The maximum atomic E-state index is 13.1. The highest BCUT2D eigenvalue weighted by Gasteiger charge is 2.30. The van der Waals surface area contributed by atoms with Crippen molar-refractivity contribution in [2.45, 2.75) is 32.8 Å². The van der Waals surface area contributed by atoms with E-state index in [0.717, 1.165) is 5.75 Å². The highest BCUT2D eigenvalue weighted by Crippen LogP contribution is 2.30. The number of carbonyl (C=O) groups is 1. The molecule has 3 aromatic rings. The van der Waals surface area contributed by atoms with Gasteiger partial charge >= 0.3 is 0 Å². The molecule has 8 heteroatoms. The number of likely N-dealkylation sites (tertiary alicyclic amines) is 1. The van der Waals surface area contributed by atoms with Gasteiger partial charge in [-0.1, -0.05) is 12.1 Å².